The molecular weight excluding hydrogens is 310 g/mol. The van der Waals surface area contributed by atoms with Crippen molar-refractivity contribution in [1.29, 1.82) is 0 Å². The van der Waals surface area contributed by atoms with Crippen molar-refractivity contribution in [2.45, 2.75) is 56.9 Å². The van der Waals surface area contributed by atoms with E-state index in [1.807, 2.05) is 0 Å². The summed E-state index contributed by atoms with van der Waals surface area (Å²) < 4.78 is 0. The molecule has 0 saturated heterocycles. The highest BCUT2D eigenvalue weighted by Gasteiger charge is 2.26. The summed E-state index contributed by atoms with van der Waals surface area (Å²) in [6, 6.07) is 6.51. The van der Waals surface area contributed by atoms with E-state index in [1.165, 1.54) is 16.0 Å². The van der Waals surface area contributed by atoms with Gasteiger partial charge in [-0.2, -0.15) is 0 Å². The lowest BCUT2D eigenvalue weighted by Gasteiger charge is -2.26. The maximum absolute atomic E-state index is 12.0. The van der Waals surface area contributed by atoms with Crippen molar-refractivity contribution in [3.63, 3.8) is 0 Å². The highest BCUT2D eigenvalue weighted by molar-refractivity contribution is 7.99. The van der Waals surface area contributed by atoms with Gasteiger partial charge in [-0.25, -0.2) is 0 Å². The number of carbonyl (C=O) groups excluding carboxylic acids is 1. The highest BCUT2D eigenvalue weighted by atomic mass is 32.2. The van der Waals surface area contributed by atoms with Crippen LogP contribution in [0.5, 0.6) is 0 Å². The smallest absolute Gasteiger partial charge is 0.306 e. The Morgan fingerprint density at radius 1 is 1.17 bits per heavy atom. The van der Waals surface area contributed by atoms with E-state index in [9.17, 15) is 9.59 Å². The van der Waals surface area contributed by atoms with Crippen LogP contribution in [-0.2, 0) is 9.59 Å². The average Bonchev–Trinajstić information content (AvgIpc) is 2.51. The van der Waals surface area contributed by atoms with Crippen molar-refractivity contribution >= 4 is 23.6 Å². The topological polar surface area (TPSA) is 66.4 Å². The molecule has 1 aromatic rings. The van der Waals surface area contributed by atoms with Crippen LogP contribution in [0.15, 0.2) is 23.1 Å². The number of hydrogen-bond donors (Lipinski definition) is 2. The van der Waals surface area contributed by atoms with E-state index in [4.69, 9.17) is 5.11 Å². The molecule has 0 unspecified atom stereocenters. The van der Waals surface area contributed by atoms with Gasteiger partial charge >= 0.3 is 5.97 Å². The highest BCUT2D eigenvalue weighted by Crippen LogP contribution is 2.25. The standard InChI is InChI=1S/C18H25NO3S/c1-12-3-8-16(11-13(12)2)23-10-9-17(20)19-15-6-4-14(5-7-15)18(21)22/h3,8,11,14-15H,4-7,9-10H2,1-2H3,(H,19,20)(H,21,22). The van der Waals surface area contributed by atoms with Gasteiger partial charge in [-0.05, 0) is 62.8 Å². The average molecular weight is 335 g/mol. The van der Waals surface area contributed by atoms with Crippen molar-refractivity contribution in [3.05, 3.63) is 29.3 Å². The van der Waals surface area contributed by atoms with Gasteiger partial charge in [0.05, 0.1) is 5.92 Å². The third-order valence-electron chi connectivity index (χ3n) is 4.52. The van der Waals surface area contributed by atoms with Crippen LogP contribution in [0.4, 0.5) is 0 Å². The zero-order chi connectivity index (χ0) is 16.8. The van der Waals surface area contributed by atoms with Gasteiger partial charge in [0.2, 0.25) is 5.91 Å². The van der Waals surface area contributed by atoms with Crippen molar-refractivity contribution in [2.75, 3.05) is 5.75 Å². The third kappa shape index (κ3) is 5.57. The maximum Gasteiger partial charge on any atom is 0.306 e. The first-order chi connectivity index (χ1) is 11.0. The number of benzene rings is 1. The lowest BCUT2D eigenvalue weighted by Crippen LogP contribution is -2.38. The molecule has 1 saturated carbocycles. The minimum Gasteiger partial charge on any atom is -0.481 e. The fourth-order valence-corrected chi connectivity index (χ4v) is 3.80. The van der Waals surface area contributed by atoms with Gasteiger partial charge < -0.3 is 10.4 Å². The van der Waals surface area contributed by atoms with E-state index < -0.39 is 5.97 Å². The first kappa shape index (κ1) is 17.9. The van der Waals surface area contributed by atoms with Crippen LogP contribution in [-0.4, -0.2) is 28.8 Å². The van der Waals surface area contributed by atoms with Gasteiger partial charge in [0, 0.05) is 23.1 Å². The number of nitrogens with one attached hydrogen (secondary N) is 1. The Bertz CT molecular complexity index is 565. The lowest BCUT2D eigenvalue weighted by molar-refractivity contribution is -0.142. The van der Waals surface area contributed by atoms with E-state index in [0.29, 0.717) is 19.3 Å². The molecule has 0 radical (unpaired) electrons. The van der Waals surface area contributed by atoms with Crippen LogP contribution in [0.1, 0.15) is 43.2 Å². The van der Waals surface area contributed by atoms with Crippen molar-refractivity contribution in [2.24, 2.45) is 5.92 Å². The Morgan fingerprint density at radius 2 is 1.87 bits per heavy atom. The summed E-state index contributed by atoms with van der Waals surface area (Å²) in [4.78, 5) is 24.1. The van der Waals surface area contributed by atoms with Crippen LogP contribution in [0.3, 0.4) is 0 Å². The summed E-state index contributed by atoms with van der Waals surface area (Å²) in [6.07, 6.45) is 3.37. The summed E-state index contributed by atoms with van der Waals surface area (Å²) in [5.41, 5.74) is 2.55. The van der Waals surface area contributed by atoms with Crippen LogP contribution < -0.4 is 5.32 Å². The van der Waals surface area contributed by atoms with Gasteiger partial charge in [-0.1, -0.05) is 6.07 Å². The number of aliphatic carboxylic acids is 1. The molecule has 5 heteroatoms. The molecule has 1 amide bonds. The largest absolute Gasteiger partial charge is 0.481 e. The number of amides is 1. The predicted molar refractivity (Wildman–Crippen MR) is 92.8 cm³/mol. The monoisotopic (exact) mass is 335 g/mol. The SMILES string of the molecule is Cc1ccc(SCCC(=O)NC2CCC(C(=O)O)CC2)cc1C. The number of thioether (sulfide) groups is 1. The Balaban J connectivity index is 1.67. The molecule has 0 aromatic heterocycles. The summed E-state index contributed by atoms with van der Waals surface area (Å²) in [5.74, 6) is -0.109. The zero-order valence-electron chi connectivity index (χ0n) is 13.8. The molecule has 126 valence electrons. The molecule has 1 fully saturated rings. The molecule has 0 aliphatic heterocycles. The van der Waals surface area contributed by atoms with Gasteiger partial charge in [0.1, 0.15) is 0 Å². The van der Waals surface area contributed by atoms with Crippen LogP contribution in [0.25, 0.3) is 0 Å². The summed E-state index contributed by atoms with van der Waals surface area (Å²) in [7, 11) is 0. The van der Waals surface area contributed by atoms with Crippen LogP contribution in [0.2, 0.25) is 0 Å². The second-order valence-electron chi connectivity index (χ2n) is 6.30. The van der Waals surface area contributed by atoms with E-state index in [-0.39, 0.29) is 17.9 Å². The van der Waals surface area contributed by atoms with E-state index in [0.717, 1.165) is 18.6 Å². The number of carboxylic acids is 1. The summed E-state index contributed by atoms with van der Waals surface area (Å²) >= 11 is 1.70. The molecule has 0 atom stereocenters. The van der Waals surface area contributed by atoms with Gasteiger partial charge in [-0.3, -0.25) is 9.59 Å². The van der Waals surface area contributed by atoms with Crippen molar-refractivity contribution in [1.82, 2.24) is 5.32 Å². The molecule has 0 bridgehead atoms. The Labute approximate surface area is 142 Å². The number of rotatable bonds is 6. The second-order valence-corrected chi connectivity index (χ2v) is 7.47. The third-order valence-corrected chi connectivity index (χ3v) is 5.51. The molecule has 1 aromatic carbocycles. The molecule has 23 heavy (non-hydrogen) atoms. The molecule has 1 aliphatic carbocycles. The van der Waals surface area contributed by atoms with E-state index >= 15 is 0 Å². The van der Waals surface area contributed by atoms with Gasteiger partial charge in [-0.15, -0.1) is 11.8 Å². The molecule has 0 heterocycles. The Hall–Kier alpha value is -1.49. The summed E-state index contributed by atoms with van der Waals surface area (Å²) in [5, 5.41) is 12.0. The molecule has 4 nitrogen and oxygen atoms in total. The maximum atomic E-state index is 12.0. The Kier molecular flexibility index (Phi) is 6.51. The van der Waals surface area contributed by atoms with Crippen LogP contribution >= 0.6 is 11.8 Å². The Morgan fingerprint density at radius 3 is 2.48 bits per heavy atom. The minimum absolute atomic E-state index is 0.0695. The van der Waals surface area contributed by atoms with E-state index in [1.54, 1.807) is 11.8 Å². The fourth-order valence-electron chi connectivity index (χ4n) is 2.85. The first-order valence-electron chi connectivity index (χ1n) is 8.18. The number of carbonyl (C=O) groups is 2. The van der Waals surface area contributed by atoms with Gasteiger partial charge in [0.25, 0.3) is 0 Å². The van der Waals surface area contributed by atoms with Crippen molar-refractivity contribution < 1.29 is 14.7 Å². The van der Waals surface area contributed by atoms with Crippen molar-refractivity contribution in [3.8, 4) is 0 Å². The van der Waals surface area contributed by atoms with E-state index in [2.05, 4.69) is 37.4 Å². The van der Waals surface area contributed by atoms with Gasteiger partial charge in [0.15, 0.2) is 0 Å². The van der Waals surface area contributed by atoms with Crippen LogP contribution in [0, 0.1) is 19.8 Å². The summed E-state index contributed by atoms with van der Waals surface area (Å²) in [6.45, 7) is 4.19. The quantitative estimate of drug-likeness (QED) is 0.780. The number of hydrogen-bond acceptors (Lipinski definition) is 3. The number of aryl methyl sites for hydroxylation is 2. The molecule has 0 spiro atoms. The molecule has 2 rings (SSSR count). The minimum atomic E-state index is -0.709. The molecule has 2 N–H and O–H groups in total. The number of carboxylic acid groups (broad SMARTS) is 1. The molecular formula is C18H25NO3S. The normalized spacial score (nSPS) is 21.0. The lowest BCUT2D eigenvalue weighted by atomic mass is 9.86. The predicted octanol–water partition coefficient (Wildman–Crippen LogP) is 3.55. The zero-order valence-corrected chi connectivity index (χ0v) is 14.6. The second kappa shape index (κ2) is 8.39. The molecule has 1 aliphatic rings. The fraction of sp³-hybridized carbons (Fsp3) is 0.556. The first-order valence-corrected chi connectivity index (χ1v) is 9.16.